The van der Waals surface area contributed by atoms with Gasteiger partial charge in [0.25, 0.3) is 0 Å². The summed E-state index contributed by atoms with van der Waals surface area (Å²) in [5.74, 6) is 1.57. The van der Waals surface area contributed by atoms with E-state index in [-0.39, 0.29) is 11.9 Å². The molecule has 0 aromatic carbocycles. The smallest absolute Gasteiger partial charge is 0.223 e. The fourth-order valence-electron chi connectivity index (χ4n) is 3.09. The van der Waals surface area contributed by atoms with Gasteiger partial charge in [-0.15, -0.1) is 0 Å². The Hall–Kier alpha value is -2.48. The van der Waals surface area contributed by atoms with Crippen LogP contribution in [-0.2, 0) is 23.0 Å². The average molecular weight is 358 g/mol. The zero-order valence-corrected chi connectivity index (χ0v) is 15.8. The maximum absolute atomic E-state index is 12.9. The van der Waals surface area contributed by atoms with E-state index in [2.05, 4.69) is 15.1 Å². The lowest BCUT2D eigenvalue weighted by Crippen LogP contribution is -2.44. The van der Waals surface area contributed by atoms with Gasteiger partial charge >= 0.3 is 0 Å². The minimum atomic E-state index is -0.249. The van der Waals surface area contributed by atoms with Crippen molar-refractivity contribution in [2.45, 2.75) is 25.8 Å². The van der Waals surface area contributed by atoms with Gasteiger partial charge in [-0.25, -0.2) is 9.97 Å². The second-order valence-corrected chi connectivity index (χ2v) is 6.74. The number of carbonyl (C=O) groups is 1. The van der Waals surface area contributed by atoms with Gasteiger partial charge in [-0.3, -0.25) is 9.48 Å². The summed E-state index contributed by atoms with van der Waals surface area (Å²) in [4.78, 5) is 25.9. The lowest BCUT2D eigenvalue weighted by Gasteiger charge is -2.35. The minimum Gasteiger partial charge on any atom is -0.377 e. The molecule has 0 saturated carbocycles. The van der Waals surface area contributed by atoms with E-state index in [9.17, 15) is 4.79 Å². The van der Waals surface area contributed by atoms with Gasteiger partial charge in [0, 0.05) is 57.8 Å². The first-order valence-corrected chi connectivity index (χ1v) is 8.82. The predicted molar refractivity (Wildman–Crippen MR) is 97.9 cm³/mol. The Kier molecular flexibility index (Phi) is 5.51. The van der Waals surface area contributed by atoms with E-state index >= 15 is 0 Å². The highest BCUT2D eigenvalue weighted by atomic mass is 16.5. The molecule has 0 spiro atoms. The Labute approximate surface area is 153 Å². The zero-order chi connectivity index (χ0) is 18.7. The lowest BCUT2D eigenvalue weighted by atomic mass is 10.1. The number of rotatable bonds is 5. The molecular weight excluding hydrogens is 332 g/mol. The number of amides is 1. The van der Waals surface area contributed by atoms with Gasteiger partial charge < -0.3 is 14.5 Å². The van der Waals surface area contributed by atoms with Crippen molar-refractivity contribution in [1.29, 1.82) is 0 Å². The van der Waals surface area contributed by atoms with Crippen LogP contribution in [0.3, 0.4) is 0 Å². The van der Waals surface area contributed by atoms with Gasteiger partial charge in [-0.1, -0.05) is 0 Å². The summed E-state index contributed by atoms with van der Waals surface area (Å²) in [5, 5.41) is 4.15. The molecule has 3 heterocycles. The molecule has 140 valence electrons. The first-order valence-electron chi connectivity index (χ1n) is 8.82. The molecule has 0 N–H and O–H groups in total. The van der Waals surface area contributed by atoms with E-state index in [1.807, 2.05) is 50.0 Å². The molecule has 0 unspecified atom stereocenters. The summed E-state index contributed by atoms with van der Waals surface area (Å²) in [6, 6.07) is 3.63. The van der Waals surface area contributed by atoms with Crippen molar-refractivity contribution in [2.75, 3.05) is 38.8 Å². The fraction of sp³-hybridized carbons (Fsp3) is 0.556. The maximum atomic E-state index is 12.9. The zero-order valence-electron chi connectivity index (χ0n) is 15.8. The van der Waals surface area contributed by atoms with Crippen LogP contribution in [0.25, 0.3) is 0 Å². The molecule has 1 amide bonds. The second-order valence-electron chi connectivity index (χ2n) is 6.74. The van der Waals surface area contributed by atoms with Crippen molar-refractivity contribution < 1.29 is 9.53 Å². The van der Waals surface area contributed by atoms with E-state index in [1.165, 1.54) is 0 Å². The molecule has 2 aromatic rings. The molecule has 0 radical (unpaired) electrons. The average Bonchev–Trinajstić information content (AvgIpc) is 3.04. The molecule has 3 rings (SSSR count). The Morgan fingerprint density at radius 2 is 2.19 bits per heavy atom. The van der Waals surface area contributed by atoms with Gasteiger partial charge in [-0.2, -0.15) is 5.10 Å². The number of anilines is 1. The molecule has 1 saturated heterocycles. The van der Waals surface area contributed by atoms with Crippen LogP contribution < -0.4 is 4.90 Å². The van der Waals surface area contributed by atoms with E-state index in [0.29, 0.717) is 38.4 Å². The van der Waals surface area contributed by atoms with Crippen LogP contribution in [0.4, 0.5) is 5.82 Å². The summed E-state index contributed by atoms with van der Waals surface area (Å²) >= 11 is 0. The van der Waals surface area contributed by atoms with E-state index < -0.39 is 0 Å². The maximum Gasteiger partial charge on any atom is 0.223 e. The molecule has 1 aliphatic heterocycles. The third-order valence-electron chi connectivity index (χ3n) is 4.58. The molecule has 0 aliphatic carbocycles. The number of hydrogen-bond donors (Lipinski definition) is 0. The Bertz CT molecular complexity index is 773. The summed E-state index contributed by atoms with van der Waals surface area (Å²) < 4.78 is 7.43. The van der Waals surface area contributed by atoms with Gasteiger partial charge in [0.05, 0.1) is 13.2 Å². The highest BCUT2D eigenvalue weighted by molar-refractivity contribution is 5.77. The van der Waals surface area contributed by atoms with Crippen LogP contribution in [0.2, 0.25) is 0 Å². The van der Waals surface area contributed by atoms with E-state index in [4.69, 9.17) is 4.74 Å². The largest absolute Gasteiger partial charge is 0.377 e. The van der Waals surface area contributed by atoms with Gasteiger partial charge in [0.1, 0.15) is 11.9 Å². The van der Waals surface area contributed by atoms with E-state index in [0.717, 1.165) is 17.2 Å². The highest BCUT2D eigenvalue weighted by Gasteiger charge is 2.31. The SMILES string of the molecule is Cc1cc(N(C)C)nc([C@H]2COCCN2C(=O)CCc2ccnn2C)n1. The molecule has 26 heavy (non-hydrogen) atoms. The van der Waals surface area contributed by atoms with Gasteiger partial charge in [0.2, 0.25) is 5.91 Å². The van der Waals surface area contributed by atoms with Crippen LogP contribution in [0.5, 0.6) is 0 Å². The number of nitrogens with zero attached hydrogens (tertiary/aromatic N) is 6. The first kappa shape index (κ1) is 18.3. The topological polar surface area (TPSA) is 76.4 Å². The first-order chi connectivity index (χ1) is 12.5. The molecule has 8 heteroatoms. The second kappa shape index (κ2) is 7.82. The Morgan fingerprint density at radius 1 is 1.38 bits per heavy atom. The number of ether oxygens (including phenoxy) is 1. The minimum absolute atomic E-state index is 0.0935. The molecule has 1 fully saturated rings. The van der Waals surface area contributed by atoms with Gasteiger partial charge in [0.15, 0.2) is 5.82 Å². The number of hydrogen-bond acceptors (Lipinski definition) is 6. The number of carbonyl (C=O) groups excluding carboxylic acids is 1. The molecular formula is C18H26N6O2. The monoisotopic (exact) mass is 358 g/mol. The Morgan fingerprint density at radius 3 is 2.88 bits per heavy atom. The van der Waals surface area contributed by atoms with Crippen molar-refractivity contribution in [2.24, 2.45) is 7.05 Å². The molecule has 2 aromatic heterocycles. The van der Waals surface area contributed by atoms with Crippen molar-refractivity contribution in [3.05, 3.63) is 35.5 Å². The van der Waals surface area contributed by atoms with Crippen LogP contribution in [0.1, 0.15) is 29.7 Å². The molecule has 8 nitrogen and oxygen atoms in total. The molecule has 1 atom stereocenters. The van der Waals surface area contributed by atoms with Crippen molar-refractivity contribution in [1.82, 2.24) is 24.6 Å². The standard InChI is InChI=1S/C18H26N6O2/c1-13-11-16(22(2)3)21-18(20-13)15-12-26-10-9-24(15)17(25)6-5-14-7-8-19-23(14)4/h7-8,11,15H,5-6,9-10,12H2,1-4H3/t15-/m1/s1. The van der Waals surface area contributed by atoms with Crippen LogP contribution in [0.15, 0.2) is 18.3 Å². The third kappa shape index (κ3) is 4.01. The van der Waals surface area contributed by atoms with Crippen molar-refractivity contribution in [3.63, 3.8) is 0 Å². The molecule has 0 bridgehead atoms. The molecule has 1 aliphatic rings. The Balaban J connectivity index is 1.77. The fourth-order valence-corrected chi connectivity index (χ4v) is 3.09. The number of morpholine rings is 1. The summed E-state index contributed by atoms with van der Waals surface area (Å²) in [7, 11) is 5.78. The van der Waals surface area contributed by atoms with E-state index in [1.54, 1.807) is 10.9 Å². The number of aromatic nitrogens is 4. The quantitative estimate of drug-likeness (QED) is 0.797. The predicted octanol–water partition coefficient (Wildman–Crippen LogP) is 1.12. The van der Waals surface area contributed by atoms with Crippen molar-refractivity contribution >= 4 is 11.7 Å². The third-order valence-corrected chi connectivity index (χ3v) is 4.58. The van der Waals surface area contributed by atoms with Crippen LogP contribution >= 0.6 is 0 Å². The normalized spacial score (nSPS) is 17.4. The summed E-state index contributed by atoms with van der Waals surface area (Å²) in [6.07, 6.45) is 2.85. The number of aryl methyl sites for hydroxylation is 3. The summed E-state index contributed by atoms with van der Waals surface area (Å²) in [6.45, 7) is 3.47. The lowest BCUT2D eigenvalue weighted by molar-refractivity contribution is -0.140. The van der Waals surface area contributed by atoms with Crippen LogP contribution in [-0.4, -0.2) is 64.4 Å². The van der Waals surface area contributed by atoms with Crippen molar-refractivity contribution in [3.8, 4) is 0 Å². The van der Waals surface area contributed by atoms with Gasteiger partial charge in [-0.05, 0) is 19.4 Å². The van der Waals surface area contributed by atoms with Crippen LogP contribution in [0, 0.1) is 6.92 Å². The summed E-state index contributed by atoms with van der Waals surface area (Å²) in [5.41, 5.74) is 1.93. The highest BCUT2D eigenvalue weighted by Crippen LogP contribution is 2.24.